The molecule has 0 atom stereocenters. The second-order valence-electron chi connectivity index (χ2n) is 1.82. The summed E-state index contributed by atoms with van der Waals surface area (Å²) in [6.45, 7) is -0.474. The highest BCUT2D eigenvalue weighted by Crippen LogP contribution is 1.88. The fourth-order valence-electron chi connectivity index (χ4n) is 0.437. The summed E-state index contributed by atoms with van der Waals surface area (Å²) in [5.74, 6) is -0.457. The van der Waals surface area contributed by atoms with Gasteiger partial charge in [0, 0.05) is 6.54 Å². The number of hydroxylamine groups is 2. The van der Waals surface area contributed by atoms with Gasteiger partial charge in [-0.15, -0.1) is 0 Å². The van der Waals surface area contributed by atoms with Gasteiger partial charge < -0.3 is 9.94 Å². The number of hydrogen-bond acceptors (Lipinski definition) is 5. The highest BCUT2D eigenvalue weighted by molar-refractivity contribution is 7.85. The van der Waals surface area contributed by atoms with Crippen molar-refractivity contribution in [3.05, 3.63) is 0 Å². The molecule has 0 radical (unpaired) electrons. The fraction of sp³-hybridized carbons (Fsp3) is 1.00. The van der Waals surface area contributed by atoms with E-state index < -0.39 is 22.6 Å². The molecule has 0 saturated heterocycles. The Bertz CT molecular complexity index is 185. The van der Waals surface area contributed by atoms with Gasteiger partial charge >= 0.3 is 0 Å². The lowest BCUT2D eigenvalue weighted by Crippen LogP contribution is -2.29. The van der Waals surface area contributed by atoms with E-state index in [-0.39, 0.29) is 6.54 Å². The number of nitrogens with zero attached hydrogens (tertiary/aromatic N) is 1. The lowest BCUT2D eigenvalue weighted by Gasteiger charge is -2.14. The Balaban J connectivity index is 3.69. The topological polar surface area (TPSA) is 87.1 Å². The molecule has 11 heavy (non-hydrogen) atoms. The Morgan fingerprint density at radius 1 is 1.55 bits per heavy atom. The zero-order chi connectivity index (χ0) is 8.91. The summed E-state index contributed by atoms with van der Waals surface area (Å²) in [5, 5.41) is 9.44. The van der Waals surface area contributed by atoms with Crippen LogP contribution in [0.2, 0.25) is 0 Å². The van der Waals surface area contributed by atoms with Crippen molar-refractivity contribution < 1.29 is 22.9 Å². The van der Waals surface area contributed by atoms with Crippen LogP contribution >= 0.6 is 0 Å². The molecule has 0 aromatic carbocycles. The summed E-state index contributed by atoms with van der Waals surface area (Å²) in [7, 11) is -2.68. The number of hydrogen-bond donors (Lipinski definition) is 2. The van der Waals surface area contributed by atoms with Crippen LogP contribution in [0.5, 0.6) is 0 Å². The molecule has 7 heteroatoms. The normalized spacial score (nSPS) is 12.4. The molecule has 2 N–H and O–H groups in total. The van der Waals surface area contributed by atoms with E-state index in [9.17, 15) is 8.42 Å². The quantitative estimate of drug-likeness (QED) is 0.314. The molecule has 0 aromatic rings. The fourth-order valence-corrected chi connectivity index (χ4v) is 0.871. The highest BCUT2D eigenvalue weighted by Gasteiger charge is 2.08. The van der Waals surface area contributed by atoms with E-state index in [1.54, 1.807) is 0 Å². The maximum atomic E-state index is 10.2. The number of aliphatic hydroxyl groups excluding tert-OH is 1. The highest BCUT2D eigenvalue weighted by atomic mass is 32.2. The number of rotatable bonds is 5. The van der Waals surface area contributed by atoms with Gasteiger partial charge in [0.1, 0.15) is 6.73 Å². The monoisotopic (exact) mass is 185 g/mol. The van der Waals surface area contributed by atoms with Crippen molar-refractivity contribution in [3.63, 3.8) is 0 Å². The average Bonchev–Trinajstić information content (AvgIpc) is 1.88. The Labute approximate surface area is 65.1 Å². The predicted molar refractivity (Wildman–Crippen MR) is 37.2 cm³/mol. The third-order valence-electron chi connectivity index (χ3n) is 1.01. The molecule has 0 aliphatic heterocycles. The lowest BCUT2D eigenvalue weighted by molar-refractivity contribution is -0.169. The van der Waals surface area contributed by atoms with E-state index in [1.807, 2.05) is 0 Å². The van der Waals surface area contributed by atoms with Gasteiger partial charge in [0.15, 0.2) is 0 Å². The largest absolute Gasteiger partial charge is 0.379 e. The first-order valence-electron chi connectivity index (χ1n) is 2.84. The summed E-state index contributed by atoms with van der Waals surface area (Å²) >= 11 is 0. The van der Waals surface area contributed by atoms with E-state index >= 15 is 0 Å². The van der Waals surface area contributed by atoms with Crippen LogP contribution in [0.3, 0.4) is 0 Å². The second-order valence-corrected chi connectivity index (χ2v) is 3.39. The van der Waals surface area contributed by atoms with E-state index in [1.165, 1.54) is 7.11 Å². The average molecular weight is 185 g/mol. The van der Waals surface area contributed by atoms with Crippen molar-refractivity contribution in [3.8, 4) is 0 Å². The van der Waals surface area contributed by atoms with Crippen LogP contribution in [-0.4, -0.2) is 49.3 Å². The molecule has 0 saturated carbocycles. The van der Waals surface area contributed by atoms with Gasteiger partial charge in [0.2, 0.25) is 0 Å². The van der Waals surface area contributed by atoms with Crippen LogP contribution in [-0.2, 0) is 15.0 Å². The Kier molecular flexibility index (Phi) is 4.54. The van der Waals surface area contributed by atoms with Crippen molar-refractivity contribution in [2.45, 2.75) is 0 Å². The molecule has 6 nitrogen and oxygen atoms in total. The molecule has 0 aliphatic rings. The molecule has 0 rings (SSSR count). The molecule has 0 heterocycles. The lowest BCUT2D eigenvalue weighted by atomic mass is 10.7. The van der Waals surface area contributed by atoms with Crippen molar-refractivity contribution in [2.24, 2.45) is 0 Å². The zero-order valence-electron chi connectivity index (χ0n) is 6.10. The molecule has 68 valence electrons. The third kappa shape index (κ3) is 6.20. The minimum absolute atomic E-state index is 0.0637. The summed E-state index contributed by atoms with van der Waals surface area (Å²) in [6.07, 6.45) is 0. The van der Waals surface area contributed by atoms with E-state index in [0.717, 1.165) is 5.06 Å². The van der Waals surface area contributed by atoms with Gasteiger partial charge in [-0.1, -0.05) is 0 Å². The summed E-state index contributed by atoms with van der Waals surface area (Å²) in [4.78, 5) is 4.50. The van der Waals surface area contributed by atoms with Crippen molar-refractivity contribution >= 4 is 10.1 Å². The first-order valence-corrected chi connectivity index (χ1v) is 4.45. The van der Waals surface area contributed by atoms with Crippen molar-refractivity contribution in [1.82, 2.24) is 5.06 Å². The second kappa shape index (κ2) is 4.62. The molecular formula is C4H11NO5S. The molecule has 0 aliphatic carbocycles. The minimum Gasteiger partial charge on any atom is -0.379 e. The Morgan fingerprint density at radius 3 is 2.36 bits per heavy atom. The molecule has 0 aromatic heterocycles. The van der Waals surface area contributed by atoms with Crippen LogP contribution in [0.15, 0.2) is 0 Å². The van der Waals surface area contributed by atoms with Crippen molar-refractivity contribution in [1.29, 1.82) is 0 Å². The van der Waals surface area contributed by atoms with Gasteiger partial charge in [-0.3, -0.25) is 4.55 Å². The third-order valence-corrected chi connectivity index (χ3v) is 1.71. The van der Waals surface area contributed by atoms with E-state index in [4.69, 9.17) is 9.66 Å². The van der Waals surface area contributed by atoms with Crippen LogP contribution in [0.4, 0.5) is 0 Å². The SMILES string of the molecule is CON(CO)CCS(=O)(=O)O. The van der Waals surface area contributed by atoms with E-state index in [0.29, 0.717) is 0 Å². The smallest absolute Gasteiger partial charge is 0.266 e. The molecule has 0 fully saturated rings. The molecule has 0 unspecified atom stereocenters. The minimum atomic E-state index is -3.97. The molecule has 0 bridgehead atoms. The maximum Gasteiger partial charge on any atom is 0.266 e. The summed E-state index contributed by atoms with van der Waals surface area (Å²) < 4.78 is 28.6. The van der Waals surface area contributed by atoms with E-state index in [2.05, 4.69) is 4.84 Å². The van der Waals surface area contributed by atoms with Gasteiger partial charge in [0.25, 0.3) is 10.1 Å². The van der Waals surface area contributed by atoms with Gasteiger partial charge in [0.05, 0.1) is 12.9 Å². The Morgan fingerprint density at radius 2 is 2.09 bits per heavy atom. The Hall–Kier alpha value is -0.210. The summed E-state index contributed by atoms with van der Waals surface area (Å²) in [6, 6.07) is 0. The zero-order valence-corrected chi connectivity index (χ0v) is 6.91. The van der Waals surface area contributed by atoms with Crippen LogP contribution in [0.1, 0.15) is 0 Å². The van der Waals surface area contributed by atoms with Gasteiger partial charge in [-0.25, -0.2) is 0 Å². The predicted octanol–water partition coefficient (Wildman–Crippen LogP) is -1.31. The summed E-state index contributed by atoms with van der Waals surface area (Å²) in [5.41, 5.74) is 0. The van der Waals surface area contributed by atoms with Gasteiger partial charge in [-0.05, 0) is 0 Å². The molecule has 0 amide bonds. The molecule has 0 spiro atoms. The van der Waals surface area contributed by atoms with Crippen molar-refractivity contribution in [2.75, 3.05) is 26.1 Å². The first-order chi connectivity index (χ1) is 4.99. The standard InChI is InChI=1S/C4H11NO5S/c1-10-5(4-6)2-3-11(7,8)9/h6H,2-4H2,1H3,(H,7,8,9). The first kappa shape index (κ1) is 10.8. The number of aliphatic hydroxyl groups is 1. The van der Waals surface area contributed by atoms with Crippen LogP contribution in [0.25, 0.3) is 0 Å². The van der Waals surface area contributed by atoms with Crippen LogP contribution < -0.4 is 0 Å². The maximum absolute atomic E-state index is 10.2. The van der Waals surface area contributed by atoms with Gasteiger partial charge in [-0.2, -0.15) is 13.5 Å². The molecular weight excluding hydrogens is 174 g/mol. The van der Waals surface area contributed by atoms with Crippen LogP contribution in [0, 0.1) is 0 Å².